The number of nitrogens with zero attached hydrogens (tertiary/aromatic N) is 2. The summed E-state index contributed by atoms with van der Waals surface area (Å²) in [6, 6.07) is 13.7. The van der Waals surface area contributed by atoms with Crippen LogP contribution in [-0.2, 0) is 6.42 Å². The lowest BCUT2D eigenvalue weighted by Crippen LogP contribution is -2.04. The molecule has 0 fully saturated rings. The Hall–Kier alpha value is -1.49. The second-order valence-corrected chi connectivity index (χ2v) is 7.10. The number of hydrogen-bond donors (Lipinski definition) is 1. The van der Waals surface area contributed by atoms with Crippen molar-refractivity contribution in [2.24, 2.45) is 0 Å². The number of benzene rings is 2. The van der Waals surface area contributed by atoms with Crippen molar-refractivity contribution >= 4 is 44.9 Å². The SMILES string of the molecule is Clc1ccc(-c2nn(-c3ccc(Br)cc3)c3c2CCN3)cc1Cl. The van der Waals surface area contributed by atoms with E-state index in [-0.39, 0.29) is 0 Å². The second-order valence-electron chi connectivity index (χ2n) is 5.37. The fourth-order valence-corrected chi connectivity index (χ4v) is 3.38. The lowest BCUT2D eigenvalue weighted by atomic mass is 10.1. The molecule has 0 bridgehead atoms. The van der Waals surface area contributed by atoms with Gasteiger partial charge in [0.1, 0.15) is 5.82 Å². The highest BCUT2D eigenvalue weighted by Gasteiger charge is 2.24. The summed E-state index contributed by atoms with van der Waals surface area (Å²) >= 11 is 15.7. The molecular weight excluding hydrogens is 397 g/mol. The number of anilines is 1. The van der Waals surface area contributed by atoms with Gasteiger partial charge in [0.05, 0.1) is 21.4 Å². The molecule has 0 atom stereocenters. The van der Waals surface area contributed by atoms with E-state index in [1.807, 2.05) is 47.1 Å². The molecule has 3 nitrogen and oxygen atoms in total. The van der Waals surface area contributed by atoms with E-state index in [1.165, 1.54) is 5.56 Å². The summed E-state index contributed by atoms with van der Waals surface area (Å²) in [4.78, 5) is 0. The van der Waals surface area contributed by atoms with Crippen LogP contribution in [0.5, 0.6) is 0 Å². The molecule has 1 N–H and O–H groups in total. The predicted octanol–water partition coefficient (Wildman–Crippen LogP) is 5.58. The smallest absolute Gasteiger partial charge is 0.133 e. The molecule has 1 aliphatic rings. The number of nitrogens with one attached hydrogen (secondary N) is 1. The van der Waals surface area contributed by atoms with Crippen molar-refractivity contribution in [2.45, 2.75) is 6.42 Å². The molecule has 0 radical (unpaired) electrons. The fourth-order valence-electron chi connectivity index (χ4n) is 2.82. The van der Waals surface area contributed by atoms with Crippen LogP contribution in [0.3, 0.4) is 0 Å². The summed E-state index contributed by atoms with van der Waals surface area (Å²) in [5.74, 6) is 1.05. The number of hydrogen-bond acceptors (Lipinski definition) is 2. The molecular formula is C17H12BrCl2N3. The van der Waals surface area contributed by atoms with Crippen molar-refractivity contribution in [1.82, 2.24) is 9.78 Å². The molecule has 4 rings (SSSR count). The zero-order valence-electron chi connectivity index (χ0n) is 12.0. The first-order valence-electron chi connectivity index (χ1n) is 7.20. The van der Waals surface area contributed by atoms with Crippen LogP contribution in [0.1, 0.15) is 5.56 Å². The first-order valence-corrected chi connectivity index (χ1v) is 8.75. The number of halogens is 3. The van der Waals surface area contributed by atoms with E-state index in [4.69, 9.17) is 28.3 Å². The summed E-state index contributed by atoms with van der Waals surface area (Å²) in [6.45, 7) is 0.915. The number of aromatic nitrogens is 2. The standard InChI is InChI=1S/C17H12BrCl2N3/c18-11-2-4-12(5-3-11)23-17-13(7-8-21-17)16(22-23)10-1-6-14(19)15(20)9-10/h1-6,9,21H,7-8H2. The van der Waals surface area contributed by atoms with E-state index >= 15 is 0 Å². The van der Waals surface area contributed by atoms with Gasteiger partial charge < -0.3 is 5.32 Å². The summed E-state index contributed by atoms with van der Waals surface area (Å²) in [5.41, 5.74) is 4.16. The number of fused-ring (bicyclic) bond motifs is 1. The van der Waals surface area contributed by atoms with E-state index in [0.29, 0.717) is 10.0 Å². The van der Waals surface area contributed by atoms with Gasteiger partial charge in [0.25, 0.3) is 0 Å². The molecule has 0 unspecified atom stereocenters. The molecule has 0 saturated heterocycles. The Morgan fingerprint density at radius 3 is 2.57 bits per heavy atom. The molecule has 2 aromatic carbocycles. The molecule has 23 heavy (non-hydrogen) atoms. The Morgan fingerprint density at radius 1 is 1.04 bits per heavy atom. The minimum Gasteiger partial charge on any atom is -0.369 e. The average molecular weight is 409 g/mol. The molecule has 0 aliphatic carbocycles. The van der Waals surface area contributed by atoms with Crippen molar-refractivity contribution in [3.8, 4) is 16.9 Å². The quantitative estimate of drug-likeness (QED) is 0.600. The zero-order valence-corrected chi connectivity index (χ0v) is 15.1. The van der Waals surface area contributed by atoms with E-state index in [0.717, 1.165) is 40.2 Å². The average Bonchev–Trinajstić information content (AvgIpc) is 3.13. The minimum atomic E-state index is 0.544. The molecule has 0 spiro atoms. The van der Waals surface area contributed by atoms with Crippen LogP contribution in [0.25, 0.3) is 16.9 Å². The van der Waals surface area contributed by atoms with Crippen LogP contribution < -0.4 is 5.32 Å². The van der Waals surface area contributed by atoms with Gasteiger partial charge in [-0.3, -0.25) is 0 Å². The van der Waals surface area contributed by atoms with E-state index in [1.54, 1.807) is 0 Å². The highest BCUT2D eigenvalue weighted by atomic mass is 79.9. The largest absolute Gasteiger partial charge is 0.369 e. The van der Waals surface area contributed by atoms with Crippen LogP contribution in [-0.4, -0.2) is 16.3 Å². The van der Waals surface area contributed by atoms with Gasteiger partial charge in [0, 0.05) is 22.1 Å². The Morgan fingerprint density at radius 2 is 1.83 bits per heavy atom. The summed E-state index contributed by atoms with van der Waals surface area (Å²) in [5, 5.41) is 9.33. The van der Waals surface area contributed by atoms with Gasteiger partial charge in [-0.05, 0) is 42.8 Å². The second kappa shape index (κ2) is 5.86. The maximum Gasteiger partial charge on any atom is 0.133 e. The summed E-state index contributed by atoms with van der Waals surface area (Å²) in [6.07, 6.45) is 0.946. The highest BCUT2D eigenvalue weighted by molar-refractivity contribution is 9.10. The first kappa shape index (κ1) is 15.1. The molecule has 1 aliphatic heterocycles. The Bertz CT molecular complexity index is 888. The molecule has 0 amide bonds. The fraction of sp³-hybridized carbons (Fsp3) is 0.118. The van der Waals surface area contributed by atoms with Crippen molar-refractivity contribution in [3.63, 3.8) is 0 Å². The third kappa shape index (κ3) is 2.65. The first-order chi connectivity index (χ1) is 11.1. The molecule has 0 saturated carbocycles. The van der Waals surface area contributed by atoms with E-state index < -0.39 is 0 Å². The molecule has 1 aromatic heterocycles. The van der Waals surface area contributed by atoms with Crippen LogP contribution in [0.15, 0.2) is 46.9 Å². The Kier molecular flexibility index (Phi) is 3.84. The van der Waals surface area contributed by atoms with Gasteiger partial charge in [-0.1, -0.05) is 45.2 Å². The van der Waals surface area contributed by atoms with Crippen molar-refractivity contribution in [3.05, 3.63) is 62.5 Å². The van der Waals surface area contributed by atoms with Gasteiger partial charge >= 0.3 is 0 Å². The van der Waals surface area contributed by atoms with Crippen LogP contribution in [0.4, 0.5) is 5.82 Å². The third-order valence-corrected chi connectivity index (χ3v) is 5.18. The van der Waals surface area contributed by atoms with Gasteiger partial charge in [0.2, 0.25) is 0 Å². The van der Waals surface area contributed by atoms with Gasteiger partial charge in [0.15, 0.2) is 0 Å². The number of rotatable bonds is 2. The highest BCUT2D eigenvalue weighted by Crippen LogP contribution is 2.36. The molecule has 6 heteroatoms. The van der Waals surface area contributed by atoms with Gasteiger partial charge in [-0.15, -0.1) is 0 Å². The lowest BCUT2D eigenvalue weighted by Gasteiger charge is -2.06. The van der Waals surface area contributed by atoms with Gasteiger partial charge in [-0.25, -0.2) is 4.68 Å². The van der Waals surface area contributed by atoms with Crippen molar-refractivity contribution in [1.29, 1.82) is 0 Å². The topological polar surface area (TPSA) is 29.9 Å². The van der Waals surface area contributed by atoms with E-state index in [2.05, 4.69) is 21.2 Å². The Balaban J connectivity index is 1.87. The predicted molar refractivity (Wildman–Crippen MR) is 98.9 cm³/mol. The summed E-state index contributed by atoms with van der Waals surface area (Å²) in [7, 11) is 0. The Labute approximate surface area is 152 Å². The zero-order chi connectivity index (χ0) is 16.0. The van der Waals surface area contributed by atoms with Crippen molar-refractivity contribution < 1.29 is 0 Å². The monoisotopic (exact) mass is 407 g/mol. The van der Waals surface area contributed by atoms with Gasteiger partial charge in [-0.2, -0.15) is 5.10 Å². The maximum atomic E-state index is 6.17. The minimum absolute atomic E-state index is 0.544. The van der Waals surface area contributed by atoms with Crippen molar-refractivity contribution in [2.75, 3.05) is 11.9 Å². The molecule has 3 aromatic rings. The normalized spacial score (nSPS) is 13.0. The lowest BCUT2D eigenvalue weighted by molar-refractivity contribution is 0.882. The van der Waals surface area contributed by atoms with Crippen LogP contribution in [0, 0.1) is 0 Å². The van der Waals surface area contributed by atoms with Crippen LogP contribution >= 0.6 is 39.1 Å². The summed E-state index contributed by atoms with van der Waals surface area (Å²) < 4.78 is 3.00. The molecule has 116 valence electrons. The van der Waals surface area contributed by atoms with Crippen LogP contribution in [0.2, 0.25) is 10.0 Å². The molecule has 2 heterocycles. The maximum absolute atomic E-state index is 6.17. The third-order valence-electron chi connectivity index (χ3n) is 3.92. The van der Waals surface area contributed by atoms with E-state index in [9.17, 15) is 0 Å².